The molecule has 0 saturated carbocycles. The summed E-state index contributed by atoms with van der Waals surface area (Å²) in [7, 11) is 1.58. The fourth-order valence-corrected chi connectivity index (χ4v) is 4.44. The number of benzene rings is 3. The Balaban J connectivity index is 1.60. The number of nitrogens with two attached hydrogens (primary N) is 1. The summed E-state index contributed by atoms with van der Waals surface area (Å²) >= 11 is 0. The summed E-state index contributed by atoms with van der Waals surface area (Å²) in [5.74, 6) is 1.31. The Morgan fingerprint density at radius 2 is 1.86 bits per heavy atom. The quantitative estimate of drug-likeness (QED) is 0.232. The molecular weight excluding hydrogens is 466 g/mol. The zero-order chi connectivity index (χ0) is 26.2. The fourth-order valence-electron chi connectivity index (χ4n) is 4.44. The van der Waals surface area contributed by atoms with Gasteiger partial charge in [-0.05, 0) is 60.4 Å². The van der Waals surface area contributed by atoms with Gasteiger partial charge in [0.1, 0.15) is 29.8 Å². The van der Waals surface area contributed by atoms with Crippen molar-refractivity contribution in [3.05, 3.63) is 89.2 Å². The molecule has 0 saturated heterocycles. The van der Waals surface area contributed by atoms with Gasteiger partial charge < -0.3 is 24.4 Å². The monoisotopic (exact) mass is 501 g/mol. The van der Waals surface area contributed by atoms with Gasteiger partial charge in [0, 0.05) is 36.6 Å². The SMILES string of the molecule is CCCc1cc2cc(COc3ccccc3CC(=O)OC(C)COC)cc(-c3cccc(CN)c3)c2o1. The molecule has 1 heterocycles. The van der Waals surface area contributed by atoms with E-state index in [-0.39, 0.29) is 18.5 Å². The van der Waals surface area contributed by atoms with E-state index in [0.717, 1.165) is 57.4 Å². The summed E-state index contributed by atoms with van der Waals surface area (Å²) in [6, 6.07) is 22.1. The molecule has 6 heteroatoms. The van der Waals surface area contributed by atoms with Crippen LogP contribution >= 0.6 is 0 Å². The van der Waals surface area contributed by atoms with Crippen LogP contribution in [0.25, 0.3) is 22.1 Å². The number of ether oxygens (including phenoxy) is 3. The van der Waals surface area contributed by atoms with Crippen LogP contribution < -0.4 is 10.5 Å². The topological polar surface area (TPSA) is 83.9 Å². The van der Waals surface area contributed by atoms with Crippen molar-refractivity contribution in [3.63, 3.8) is 0 Å². The lowest BCUT2D eigenvalue weighted by atomic mass is 9.99. The summed E-state index contributed by atoms with van der Waals surface area (Å²) in [6.45, 7) is 5.13. The van der Waals surface area contributed by atoms with Gasteiger partial charge in [-0.15, -0.1) is 0 Å². The van der Waals surface area contributed by atoms with E-state index < -0.39 is 0 Å². The van der Waals surface area contributed by atoms with E-state index in [4.69, 9.17) is 24.4 Å². The molecule has 1 unspecified atom stereocenters. The highest BCUT2D eigenvalue weighted by Gasteiger charge is 2.16. The lowest BCUT2D eigenvalue weighted by molar-refractivity contribution is -0.149. The molecule has 0 aliphatic rings. The average molecular weight is 502 g/mol. The minimum Gasteiger partial charge on any atom is -0.489 e. The van der Waals surface area contributed by atoms with Crippen LogP contribution in [0.5, 0.6) is 5.75 Å². The largest absolute Gasteiger partial charge is 0.489 e. The summed E-state index contributed by atoms with van der Waals surface area (Å²) in [6.07, 6.45) is 1.72. The predicted octanol–water partition coefficient (Wildman–Crippen LogP) is 6.21. The number of hydrogen-bond acceptors (Lipinski definition) is 6. The molecule has 3 aromatic carbocycles. The number of carbonyl (C=O) groups excluding carboxylic acids is 1. The van der Waals surface area contributed by atoms with E-state index in [1.54, 1.807) is 7.11 Å². The molecule has 194 valence electrons. The zero-order valence-corrected chi connectivity index (χ0v) is 21.8. The standard InChI is InChI=1S/C31H35NO5/c1-4-8-27-16-26-14-23(15-28(31(26)37-27)24-11-7-9-22(13-24)18-32)20-35-29-12-6-5-10-25(29)17-30(33)36-21(2)19-34-3/h5-7,9-16,21H,4,8,17-20,32H2,1-3H3. The zero-order valence-electron chi connectivity index (χ0n) is 21.8. The molecule has 6 nitrogen and oxygen atoms in total. The molecule has 1 aromatic heterocycles. The second-order valence-corrected chi connectivity index (χ2v) is 9.26. The maximum atomic E-state index is 12.4. The predicted molar refractivity (Wildman–Crippen MR) is 145 cm³/mol. The molecular formula is C31H35NO5. The van der Waals surface area contributed by atoms with Gasteiger partial charge in [0.2, 0.25) is 0 Å². The number of rotatable bonds is 12. The van der Waals surface area contributed by atoms with Crippen molar-refractivity contribution >= 4 is 16.9 Å². The van der Waals surface area contributed by atoms with Gasteiger partial charge in [0.05, 0.1) is 13.0 Å². The van der Waals surface area contributed by atoms with Crippen molar-refractivity contribution in [1.82, 2.24) is 0 Å². The number of carbonyl (C=O) groups is 1. The van der Waals surface area contributed by atoms with E-state index in [1.165, 1.54) is 0 Å². The molecule has 0 radical (unpaired) electrons. The van der Waals surface area contributed by atoms with Crippen LogP contribution in [0.1, 0.15) is 42.7 Å². The number of methoxy groups -OCH3 is 1. The van der Waals surface area contributed by atoms with Gasteiger partial charge in [0.25, 0.3) is 0 Å². The Morgan fingerprint density at radius 3 is 2.65 bits per heavy atom. The molecule has 0 aliphatic carbocycles. The normalized spacial score (nSPS) is 12.0. The van der Waals surface area contributed by atoms with Crippen LogP contribution in [0.3, 0.4) is 0 Å². The molecule has 0 aliphatic heterocycles. The first-order chi connectivity index (χ1) is 18.0. The Bertz CT molecular complexity index is 1340. The second-order valence-electron chi connectivity index (χ2n) is 9.26. The van der Waals surface area contributed by atoms with Crippen LogP contribution in [0.2, 0.25) is 0 Å². The summed E-state index contributed by atoms with van der Waals surface area (Å²) in [4.78, 5) is 12.4. The molecule has 37 heavy (non-hydrogen) atoms. The minimum atomic E-state index is -0.314. The van der Waals surface area contributed by atoms with Crippen molar-refractivity contribution in [3.8, 4) is 16.9 Å². The van der Waals surface area contributed by atoms with Crippen LogP contribution in [-0.2, 0) is 40.3 Å². The van der Waals surface area contributed by atoms with Gasteiger partial charge in [-0.1, -0.05) is 43.3 Å². The third kappa shape index (κ3) is 6.79. The minimum absolute atomic E-state index is 0.127. The third-order valence-corrected chi connectivity index (χ3v) is 6.13. The number of furan rings is 1. The highest BCUT2D eigenvalue weighted by Crippen LogP contribution is 2.34. The number of hydrogen-bond donors (Lipinski definition) is 1. The smallest absolute Gasteiger partial charge is 0.310 e. The Labute approximate surface area is 218 Å². The van der Waals surface area contributed by atoms with E-state index in [0.29, 0.717) is 25.5 Å². The van der Waals surface area contributed by atoms with E-state index >= 15 is 0 Å². The van der Waals surface area contributed by atoms with Crippen LogP contribution in [-0.4, -0.2) is 25.8 Å². The first-order valence-electron chi connectivity index (χ1n) is 12.7. The van der Waals surface area contributed by atoms with Crippen LogP contribution in [0.15, 0.2) is 71.1 Å². The van der Waals surface area contributed by atoms with Crippen LogP contribution in [0.4, 0.5) is 0 Å². The van der Waals surface area contributed by atoms with Gasteiger partial charge in [0.15, 0.2) is 0 Å². The summed E-state index contributed by atoms with van der Waals surface area (Å²) in [5, 5.41) is 1.04. The summed E-state index contributed by atoms with van der Waals surface area (Å²) < 4.78 is 23.0. The van der Waals surface area contributed by atoms with E-state index in [1.807, 2.05) is 43.3 Å². The Kier molecular flexibility index (Phi) is 8.99. The molecule has 0 spiro atoms. The third-order valence-electron chi connectivity index (χ3n) is 6.13. The van der Waals surface area contributed by atoms with E-state index in [9.17, 15) is 4.79 Å². The molecule has 0 bridgehead atoms. The number of esters is 1. The number of aryl methyl sites for hydroxylation is 1. The molecule has 0 amide bonds. The number of para-hydroxylation sites is 1. The van der Waals surface area contributed by atoms with Crippen molar-refractivity contribution in [2.24, 2.45) is 5.73 Å². The maximum absolute atomic E-state index is 12.4. The lowest BCUT2D eigenvalue weighted by Gasteiger charge is -2.15. The van der Waals surface area contributed by atoms with Crippen molar-refractivity contribution in [2.45, 2.75) is 52.4 Å². The first kappa shape index (κ1) is 26.5. The Morgan fingerprint density at radius 1 is 1.03 bits per heavy atom. The van der Waals surface area contributed by atoms with Crippen molar-refractivity contribution in [2.75, 3.05) is 13.7 Å². The van der Waals surface area contributed by atoms with Gasteiger partial charge >= 0.3 is 5.97 Å². The van der Waals surface area contributed by atoms with Gasteiger partial charge in [-0.3, -0.25) is 4.79 Å². The molecule has 2 N–H and O–H groups in total. The van der Waals surface area contributed by atoms with E-state index in [2.05, 4.69) is 37.3 Å². The van der Waals surface area contributed by atoms with Crippen molar-refractivity contribution in [1.29, 1.82) is 0 Å². The molecule has 4 aromatic rings. The second kappa shape index (κ2) is 12.6. The van der Waals surface area contributed by atoms with Gasteiger partial charge in [-0.2, -0.15) is 0 Å². The average Bonchev–Trinajstić information content (AvgIpc) is 3.30. The van der Waals surface area contributed by atoms with Crippen LogP contribution in [0, 0.1) is 0 Å². The maximum Gasteiger partial charge on any atom is 0.310 e. The highest BCUT2D eigenvalue weighted by molar-refractivity contribution is 5.93. The number of fused-ring (bicyclic) bond motifs is 1. The Hall–Kier alpha value is -3.61. The lowest BCUT2D eigenvalue weighted by Crippen LogP contribution is -2.21. The molecule has 0 fully saturated rings. The van der Waals surface area contributed by atoms with Gasteiger partial charge in [-0.25, -0.2) is 0 Å². The first-order valence-corrected chi connectivity index (χ1v) is 12.7. The molecule has 4 rings (SSSR count). The fraction of sp³-hybridized carbons (Fsp3) is 0.323. The summed E-state index contributed by atoms with van der Waals surface area (Å²) in [5.41, 5.74) is 11.7. The van der Waals surface area contributed by atoms with Crippen molar-refractivity contribution < 1.29 is 23.4 Å². The highest BCUT2D eigenvalue weighted by atomic mass is 16.6. The molecule has 1 atom stereocenters.